The molecule has 0 spiro atoms. The van der Waals surface area contributed by atoms with Gasteiger partial charge in [-0.05, 0) is 26.2 Å². The molecule has 1 atom stereocenters. The highest BCUT2D eigenvalue weighted by Crippen LogP contribution is 2.05. The Hall–Kier alpha value is -3.53. The number of carbonyl (C=O) groups excluding carboxylic acids is 4. The van der Waals surface area contributed by atoms with Crippen molar-refractivity contribution in [1.82, 2.24) is 15.5 Å². The van der Waals surface area contributed by atoms with E-state index in [1.54, 1.807) is 6.92 Å². The maximum atomic E-state index is 12.8. The molecule has 0 aliphatic rings. The Kier molecular flexibility index (Phi) is 22.0. The number of nitrogens with two attached hydrogens (primary N) is 2. The molecule has 0 saturated carbocycles. The van der Waals surface area contributed by atoms with Crippen molar-refractivity contribution in [2.24, 2.45) is 16.5 Å². The lowest BCUT2D eigenvalue weighted by Crippen LogP contribution is -2.51. The number of rotatable bonds is 13. The first-order valence-corrected chi connectivity index (χ1v) is 9.77. The van der Waals surface area contributed by atoms with E-state index < -0.39 is 11.9 Å². The van der Waals surface area contributed by atoms with Crippen LogP contribution < -0.4 is 22.1 Å². The van der Waals surface area contributed by atoms with E-state index in [0.717, 1.165) is 0 Å². The van der Waals surface area contributed by atoms with Gasteiger partial charge < -0.3 is 27.0 Å². The number of nitrogens with one attached hydrogen (secondary N) is 2. The molecule has 0 unspecified atom stereocenters. The van der Waals surface area contributed by atoms with E-state index in [0.29, 0.717) is 32.4 Å². The third kappa shape index (κ3) is 18.2. The van der Waals surface area contributed by atoms with Gasteiger partial charge in [0.05, 0.1) is 13.1 Å². The Balaban J connectivity index is -0.00000184. The maximum absolute atomic E-state index is 12.8. The summed E-state index contributed by atoms with van der Waals surface area (Å²) in [4.78, 5) is 52.9. The van der Waals surface area contributed by atoms with Crippen LogP contribution in [0.1, 0.15) is 46.5 Å². The van der Waals surface area contributed by atoms with Crippen LogP contribution in [0.15, 0.2) is 4.99 Å². The molecule has 0 fully saturated rings. The quantitative estimate of drug-likeness (QED) is 0.130. The number of terminal acetylenes is 2. The minimum Gasteiger partial charge on any atom is -0.370 e. The van der Waals surface area contributed by atoms with E-state index in [4.69, 9.17) is 11.5 Å². The van der Waals surface area contributed by atoms with Crippen LogP contribution in [-0.2, 0) is 19.2 Å². The first kappa shape index (κ1) is 32.1. The standard InChI is InChI=1S/C17H32N6O4.2C2H2/c1-4-9-23(11-12(3)24)16(27)13(7-6-8-20-17(18)19)22-15(26)10-21-14(25)5-2;2*1-2/h13H,4-11H2,1-3H3,(H,21,25)(H,22,26)(H4,18,19,20);2*1-2H/t13-;;/m0../s1. The molecule has 0 heterocycles. The normalized spacial score (nSPS) is 9.90. The average Bonchev–Trinajstić information content (AvgIpc) is 2.75. The van der Waals surface area contributed by atoms with Crippen molar-refractivity contribution >= 4 is 29.5 Å². The smallest absolute Gasteiger partial charge is 0.245 e. The SMILES string of the molecule is C#C.C#C.CCCN(CC(C)=O)C(=O)[C@H](CCCN=C(N)N)NC(=O)CNC(=O)CC. The van der Waals surface area contributed by atoms with Gasteiger partial charge in [-0.3, -0.25) is 24.2 Å². The summed E-state index contributed by atoms with van der Waals surface area (Å²) in [5, 5.41) is 5.09. The molecule has 174 valence electrons. The van der Waals surface area contributed by atoms with E-state index in [9.17, 15) is 19.2 Å². The second-order valence-corrected chi connectivity index (χ2v) is 6.16. The Bertz CT molecular complexity index is 618. The summed E-state index contributed by atoms with van der Waals surface area (Å²) in [6.45, 7) is 5.47. The van der Waals surface area contributed by atoms with Gasteiger partial charge in [0.25, 0.3) is 0 Å². The second kappa shape index (κ2) is 21.2. The first-order chi connectivity index (χ1) is 14.7. The number of Topliss-reactive ketones (excluding diaryl/α,β-unsaturated/α-hetero) is 1. The first-order valence-electron chi connectivity index (χ1n) is 9.77. The van der Waals surface area contributed by atoms with Crippen LogP contribution in [0.3, 0.4) is 0 Å². The maximum Gasteiger partial charge on any atom is 0.245 e. The number of aliphatic imine (C=N–C) groups is 1. The molecule has 3 amide bonds. The van der Waals surface area contributed by atoms with E-state index in [2.05, 4.69) is 41.3 Å². The summed E-state index contributed by atoms with van der Waals surface area (Å²) < 4.78 is 0. The second-order valence-electron chi connectivity index (χ2n) is 6.16. The van der Waals surface area contributed by atoms with Gasteiger partial charge in [0.2, 0.25) is 17.7 Å². The van der Waals surface area contributed by atoms with Crippen molar-refractivity contribution in [1.29, 1.82) is 0 Å². The predicted molar refractivity (Wildman–Crippen MR) is 122 cm³/mol. The van der Waals surface area contributed by atoms with Crippen molar-refractivity contribution < 1.29 is 19.2 Å². The summed E-state index contributed by atoms with van der Waals surface area (Å²) in [5.41, 5.74) is 10.6. The highest BCUT2D eigenvalue weighted by molar-refractivity contribution is 5.92. The van der Waals surface area contributed by atoms with Crippen LogP contribution in [0.5, 0.6) is 0 Å². The van der Waals surface area contributed by atoms with Gasteiger partial charge in [-0.2, -0.15) is 0 Å². The van der Waals surface area contributed by atoms with E-state index in [1.165, 1.54) is 11.8 Å². The third-order valence-corrected chi connectivity index (χ3v) is 3.56. The molecular weight excluding hydrogens is 400 g/mol. The zero-order chi connectivity index (χ0) is 24.8. The zero-order valence-corrected chi connectivity index (χ0v) is 18.7. The van der Waals surface area contributed by atoms with Crippen molar-refractivity contribution in [3.05, 3.63) is 0 Å². The van der Waals surface area contributed by atoms with Crippen molar-refractivity contribution in [2.75, 3.05) is 26.2 Å². The van der Waals surface area contributed by atoms with Crippen LogP contribution >= 0.6 is 0 Å². The van der Waals surface area contributed by atoms with Gasteiger partial charge in [0, 0.05) is 19.5 Å². The number of amides is 3. The average molecular weight is 437 g/mol. The Labute approximate surface area is 185 Å². The summed E-state index contributed by atoms with van der Waals surface area (Å²) in [5.74, 6) is -1.26. The molecule has 0 aliphatic carbocycles. The highest BCUT2D eigenvalue weighted by atomic mass is 16.2. The van der Waals surface area contributed by atoms with Crippen LogP contribution in [0.25, 0.3) is 0 Å². The summed E-state index contributed by atoms with van der Waals surface area (Å²) in [6, 6.07) is -0.823. The molecule has 0 aliphatic heterocycles. The van der Waals surface area contributed by atoms with Crippen LogP contribution in [-0.4, -0.2) is 66.6 Å². The molecule has 0 rings (SSSR count). The summed E-state index contributed by atoms with van der Waals surface area (Å²) >= 11 is 0. The van der Waals surface area contributed by atoms with Crippen LogP contribution in [0.2, 0.25) is 0 Å². The number of carbonyl (C=O) groups is 4. The summed E-state index contributed by atoms with van der Waals surface area (Å²) in [6.07, 6.45) is 17.7. The molecule has 0 aromatic rings. The minimum absolute atomic E-state index is 0.0144. The number of guanidine groups is 1. The predicted octanol–water partition coefficient (Wildman–Crippen LogP) is -0.623. The fourth-order valence-corrected chi connectivity index (χ4v) is 2.34. The van der Waals surface area contributed by atoms with Crippen molar-refractivity contribution in [2.45, 2.75) is 52.5 Å². The molecule has 0 saturated heterocycles. The van der Waals surface area contributed by atoms with E-state index in [1.807, 2.05) is 6.92 Å². The van der Waals surface area contributed by atoms with Gasteiger partial charge in [0.15, 0.2) is 5.96 Å². The lowest BCUT2D eigenvalue weighted by Gasteiger charge is -2.27. The minimum atomic E-state index is -0.823. The van der Waals surface area contributed by atoms with Crippen molar-refractivity contribution in [3.8, 4) is 25.7 Å². The lowest BCUT2D eigenvalue weighted by molar-refractivity contribution is -0.139. The molecule has 0 bridgehead atoms. The van der Waals surface area contributed by atoms with Gasteiger partial charge in [0.1, 0.15) is 11.8 Å². The van der Waals surface area contributed by atoms with E-state index >= 15 is 0 Å². The van der Waals surface area contributed by atoms with Gasteiger partial charge >= 0.3 is 0 Å². The van der Waals surface area contributed by atoms with Gasteiger partial charge in [-0.15, -0.1) is 25.7 Å². The topological polar surface area (TPSA) is 160 Å². The lowest BCUT2D eigenvalue weighted by atomic mass is 10.1. The number of ketones is 1. The Morgan fingerprint density at radius 2 is 1.61 bits per heavy atom. The van der Waals surface area contributed by atoms with Gasteiger partial charge in [-0.25, -0.2) is 0 Å². The van der Waals surface area contributed by atoms with Crippen LogP contribution in [0, 0.1) is 25.7 Å². The summed E-state index contributed by atoms with van der Waals surface area (Å²) in [7, 11) is 0. The molecule has 31 heavy (non-hydrogen) atoms. The number of hydrogen-bond donors (Lipinski definition) is 4. The largest absolute Gasteiger partial charge is 0.370 e. The fraction of sp³-hybridized carbons (Fsp3) is 0.571. The molecular formula is C21H36N6O4. The molecule has 10 nitrogen and oxygen atoms in total. The van der Waals surface area contributed by atoms with Gasteiger partial charge in [-0.1, -0.05) is 13.8 Å². The highest BCUT2D eigenvalue weighted by Gasteiger charge is 2.26. The molecule has 0 aromatic carbocycles. The monoisotopic (exact) mass is 436 g/mol. The molecule has 6 N–H and O–H groups in total. The molecule has 10 heteroatoms. The Morgan fingerprint density at radius 1 is 1.03 bits per heavy atom. The molecule has 0 aromatic heterocycles. The molecule has 0 radical (unpaired) electrons. The van der Waals surface area contributed by atoms with Crippen LogP contribution in [0.4, 0.5) is 0 Å². The van der Waals surface area contributed by atoms with Crippen molar-refractivity contribution in [3.63, 3.8) is 0 Å². The number of nitrogens with zero attached hydrogens (tertiary/aromatic N) is 2. The fourth-order valence-electron chi connectivity index (χ4n) is 2.34. The number of hydrogen-bond acceptors (Lipinski definition) is 5. The third-order valence-electron chi connectivity index (χ3n) is 3.56. The van der Waals surface area contributed by atoms with E-state index in [-0.39, 0.29) is 43.1 Å². The zero-order valence-electron chi connectivity index (χ0n) is 18.7. The Morgan fingerprint density at radius 3 is 2.06 bits per heavy atom.